The Labute approximate surface area is 126 Å². The summed E-state index contributed by atoms with van der Waals surface area (Å²) in [6.45, 7) is 2.10. The van der Waals surface area contributed by atoms with Gasteiger partial charge in [-0.25, -0.2) is 0 Å². The molecule has 0 aromatic heterocycles. The number of amides is 1. The van der Waals surface area contributed by atoms with E-state index >= 15 is 0 Å². The Bertz CT molecular complexity index is 313. The van der Waals surface area contributed by atoms with Gasteiger partial charge in [0.15, 0.2) is 0 Å². The van der Waals surface area contributed by atoms with Gasteiger partial charge in [-0.3, -0.25) is 4.79 Å². The summed E-state index contributed by atoms with van der Waals surface area (Å²) in [7, 11) is 0. The molecule has 1 unspecified atom stereocenters. The SMILES string of the molecule is CCC(CSC)NC(=O)C1(C(N)=S)CCCCCC1. The number of thiocarbonyl (C=S) groups is 1. The number of nitrogens with two attached hydrogens (primary N) is 1. The van der Waals surface area contributed by atoms with Gasteiger partial charge < -0.3 is 11.1 Å². The van der Waals surface area contributed by atoms with Crippen LogP contribution in [0.3, 0.4) is 0 Å². The molecule has 1 rings (SSSR count). The van der Waals surface area contributed by atoms with E-state index in [1.54, 1.807) is 11.8 Å². The van der Waals surface area contributed by atoms with Crippen molar-refractivity contribution in [3.63, 3.8) is 0 Å². The minimum atomic E-state index is -0.600. The van der Waals surface area contributed by atoms with Crippen LogP contribution in [0.4, 0.5) is 0 Å². The van der Waals surface area contributed by atoms with Crippen LogP contribution in [0.5, 0.6) is 0 Å². The Morgan fingerprint density at radius 2 is 1.95 bits per heavy atom. The number of hydrogen-bond acceptors (Lipinski definition) is 3. The van der Waals surface area contributed by atoms with Crippen LogP contribution in [-0.2, 0) is 4.79 Å². The molecular weight excluding hydrogens is 276 g/mol. The van der Waals surface area contributed by atoms with E-state index in [1.807, 2.05) is 0 Å². The van der Waals surface area contributed by atoms with Gasteiger partial charge in [-0.15, -0.1) is 0 Å². The zero-order chi connectivity index (χ0) is 14.3. The summed E-state index contributed by atoms with van der Waals surface area (Å²) in [5.41, 5.74) is 5.33. The molecule has 1 atom stereocenters. The molecule has 0 bridgehead atoms. The quantitative estimate of drug-likeness (QED) is 0.585. The fraction of sp³-hybridized carbons (Fsp3) is 0.857. The molecule has 0 aliphatic heterocycles. The van der Waals surface area contributed by atoms with E-state index < -0.39 is 5.41 Å². The van der Waals surface area contributed by atoms with Crippen molar-refractivity contribution < 1.29 is 4.79 Å². The van der Waals surface area contributed by atoms with Crippen molar-refractivity contribution >= 4 is 34.9 Å². The van der Waals surface area contributed by atoms with Crippen LogP contribution in [0.25, 0.3) is 0 Å². The Hall–Kier alpha value is -0.290. The zero-order valence-corrected chi connectivity index (χ0v) is 13.7. The molecule has 0 spiro atoms. The number of carbonyl (C=O) groups is 1. The number of nitrogens with one attached hydrogen (secondary N) is 1. The second-order valence-corrected chi connectivity index (χ2v) is 6.75. The third-order valence-electron chi connectivity index (χ3n) is 4.06. The Morgan fingerprint density at radius 1 is 1.37 bits per heavy atom. The molecule has 1 aliphatic carbocycles. The molecule has 1 aliphatic rings. The van der Waals surface area contributed by atoms with E-state index in [2.05, 4.69) is 18.5 Å². The van der Waals surface area contributed by atoms with Gasteiger partial charge in [-0.1, -0.05) is 44.8 Å². The van der Waals surface area contributed by atoms with Crippen LogP contribution >= 0.6 is 24.0 Å². The highest BCUT2D eigenvalue weighted by atomic mass is 32.2. The smallest absolute Gasteiger partial charge is 0.233 e. The van der Waals surface area contributed by atoms with Crippen molar-refractivity contribution in [1.82, 2.24) is 5.32 Å². The van der Waals surface area contributed by atoms with E-state index in [1.165, 1.54) is 12.8 Å². The summed E-state index contributed by atoms with van der Waals surface area (Å²) in [5, 5.41) is 3.16. The van der Waals surface area contributed by atoms with Crippen molar-refractivity contribution in [2.24, 2.45) is 11.1 Å². The molecule has 1 amide bonds. The first-order valence-electron chi connectivity index (χ1n) is 7.16. The monoisotopic (exact) mass is 302 g/mol. The van der Waals surface area contributed by atoms with E-state index in [9.17, 15) is 4.79 Å². The fourth-order valence-corrected chi connectivity index (χ4v) is 3.72. The van der Waals surface area contributed by atoms with Crippen molar-refractivity contribution in [3.05, 3.63) is 0 Å². The zero-order valence-electron chi connectivity index (χ0n) is 12.0. The molecule has 3 N–H and O–H groups in total. The van der Waals surface area contributed by atoms with Crippen molar-refractivity contribution in [1.29, 1.82) is 0 Å². The Morgan fingerprint density at radius 3 is 2.37 bits per heavy atom. The van der Waals surface area contributed by atoms with Gasteiger partial charge in [0.05, 0.1) is 10.4 Å². The van der Waals surface area contributed by atoms with Crippen LogP contribution < -0.4 is 11.1 Å². The van der Waals surface area contributed by atoms with Gasteiger partial charge >= 0.3 is 0 Å². The van der Waals surface area contributed by atoms with Gasteiger partial charge in [0.1, 0.15) is 0 Å². The van der Waals surface area contributed by atoms with Crippen LogP contribution in [-0.4, -0.2) is 28.9 Å². The summed E-state index contributed by atoms with van der Waals surface area (Å²) < 4.78 is 0. The summed E-state index contributed by atoms with van der Waals surface area (Å²) >= 11 is 6.99. The molecule has 0 saturated heterocycles. The minimum Gasteiger partial charge on any atom is -0.392 e. The second-order valence-electron chi connectivity index (χ2n) is 5.39. The maximum Gasteiger partial charge on any atom is 0.233 e. The first kappa shape index (κ1) is 16.8. The fourth-order valence-electron chi connectivity index (χ4n) is 2.70. The van der Waals surface area contributed by atoms with Gasteiger partial charge in [0, 0.05) is 11.8 Å². The summed E-state index contributed by atoms with van der Waals surface area (Å²) in [4.78, 5) is 13.1. The van der Waals surface area contributed by atoms with E-state index in [-0.39, 0.29) is 11.9 Å². The maximum atomic E-state index is 12.7. The molecule has 5 heteroatoms. The topological polar surface area (TPSA) is 55.1 Å². The summed E-state index contributed by atoms with van der Waals surface area (Å²) in [6.07, 6.45) is 9.07. The average Bonchev–Trinajstić information content (AvgIpc) is 2.64. The third kappa shape index (κ3) is 4.35. The van der Waals surface area contributed by atoms with Crippen LogP contribution in [0.1, 0.15) is 51.9 Å². The van der Waals surface area contributed by atoms with Crippen LogP contribution in [0, 0.1) is 5.41 Å². The van der Waals surface area contributed by atoms with E-state index in [4.69, 9.17) is 18.0 Å². The first-order chi connectivity index (χ1) is 9.06. The number of hydrogen-bond donors (Lipinski definition) is 2. The second kappa shape index (κ2) is 8.10. The van der Waals surface area contributed by atoms with Crippen molar-refractivity contribution in [3.8, 4) is 0 Å². The standard InChI is InChI=1S/C14H26N2OS2/c1-3-11(10-19-2)16-13(17)14(12(15)18)8-6-4-5-7-9-14/h11H,3-10H2,1-2H3,(H2,15,18)(H,16,17). The van der Waals surface area contributed by atoms with Crippen molar-refractivity contribution in [2.45, 2.75) is 57.9 Å². The highest BCUT2D eigenvalue weighted by Gasteiger charge is 2.41. The lowest BCUT2D eigenvalue weighted by atomic mass is 9.79. The highest BCUT2D eigenvalue weighted by molar-refractivity contribution is 7.98. The number of rotatable bonds is 6. The molecular formula is C14H26N2OS2. The number of thioether (sulfide) groups is 1. The maximum absolute atomic E-state index is 12.7. The highest BCUT2D eigenvalue weighted by Crippen LogP contribution is 2.36. The summed E-state index contributed by atoms with van der Waals surface area (Å²) in [6, 6.07) is 0.219. The largest absolute Gasteiger partial charge is 0.392 e. The van der Waals surface area contributed by atoms with Crippen LogP contribution in [0.15, 0.2) is 0 Å². The molecule has 1 saturated carbocycles. The predicted octanol–water partition coefficient (Wildman–Crippen LogP) is 2.87. The Kier molecular flexibility index (Phi) is 7.15. The van der Waals surface area contributed by atoms with E-state index in [0.717, 1.165) is 37.9 Å². The lowest BCUT2D eigenvalue weighted by Crippen LogP contribution is -2.51. The third-order valence-corrected chi connectivity index (χ3v) is 5.19. The minimum absolute atomic E-state index is 0.0581. The molecule has 0 aromatic carbocycles. The van der Waals surface area contributed by atoms with Gasteiger partial charge in [-0.2, -0.15) is 11.8 Å². The summed E-state index contributed by atoms with van der Waals surface area (Å²) in [5.74, 6) is 0.998. The van der Waals surface area contributed by atoms with Gasteiger partial charge in [0.25, 0.3) is 0 Å². The molecule has 110 valence electrons. The van der Waals surface area contributed by atoms with Gasteiger partial charge in [-0.05, 0) is 25.5 Å². The van der Waals surface area contributed by atoms with Crippen LogP contribution in [0.2, 0.25) is 0 Å². The Balaban J connectivity index is 2.79. The molecule has 1 fully saturated rings. The number of carbonyl (C=O) groups excluding carboxylic acids is 1. The molecule has 0 radical (unpaired) electrons. The normalized spacial score (nSPS) is 20.3. The average molecular weight is 303 g/mol. The van der Waals surface area contributed by atoms with Crippen molar-refractivity contribution in [2.75, 3.05) is 12.0 Å². The molecule has 3 nitrogen and oxygen atoms in total. The molecule has 0 aromatic rings. The van der Waals surface area contributed by atoms with Gasteiger partial charge in [0.2, 0.25) is 5.91 Å². The first-order valence-corrected chi connectivity index (χ1v) is 8.97. The predicted molar refractivity (Wildman–Crippen MR) is 87.5 cm³/mol. The lowest BCUT2D eigenvalue weighted by Gasteiger charge is -2.32. The van der Waals surface area contributed by atoms with E-state index in [0.29, 0.717) is 4.99 Å². The lowest BCUT2D eigenvalue weighted by molar-refractivity contribution is -0.128. The molecule has 0 heterocycles. The molecule has 19 heavy (non-hydrogen) atoms.